The quantitative estimate of drug-likeness (QED) is 0.907. The van der Waals surface area contributed by atoms with E-state index in [1.165, 1.54) is 18.2 Å². The third-order valence-corrected chi connectivity index (χ3v) is 3.06. The number of hydrogen-bond acceptors (Lipinski definition) is 2. The fourth-order valence-electron chi connectivity index (χ4n) is 1.71. The number of benzene rings is 2. The Morgan fingerprint density at radius 1 is 1.10 bits per heavy atom. The summed E-state index contributed by atoms with van der Waals surface area (Å²) in [7, 11) is 0. The predicted molar refractivity (Wildman–Crippen MR) is 77.5 cm³/mol. The second kappa shape index (κ2) is 5.75. The van der Waals surface area contributed by atoms with Crippen molar-refractivity contribution < 1.29 is 14.7 Å². The lowest BCUT2D eigenvalue weighted by Gasteiger charge is -2.08. The van der Waals surface area contributed by atoms with Crippen LogP contribution in [-0.2, 0) is 0 Å². The molecule has 5 heteroatoms. The number of hydrogen-bond donors (Lipinski definition) is 2. The summed E-state index contributed by atoms with van der Waals surface area (Å²) in [5, 5.41) is 12.0. The van der Waals surface area contributed by atoms with Crippen molar-refractivity contribution in [2.24, 2.45) is 0 Å². The SMILES string of the molecule is Cc1ccc(NC(=O)c2cccc(C(=O)O)c2)c(Cl)c1. The molecule has 0 radical (unpaired) electrons. The number of halogens is 1. The molecule has 0 heterocycles. The highest BCUT2D eigenvalue weighted by atomic mass is 35.5. The molecule has 0 aliphatic heterocycles. The fraction of sp³-hybridized carbons (Fsp3) is 0.0667. The number of nitrogens with one attached hydrogen (secondary N) is 1. The molecule has 0 aliphatic carbocycles. The first kappa shape index (κ1) is 14.1. The van der Waals surface area contributed by atoms with E-state index in [-0.39, 0.29) is 11.1 Å². The lowest BCUT2D eigenvalue weighted by Crippen LogP contribution is -2.13. The Labute approximate surface area is 121 Å². The van der Waals surface area contributed by atoms with Crippen LogP contribution >= 0.6 is 11.6 Å². The summed E-state index contributed by atoms with van der Waals surface area (Å²) in [5.41, 5.74) is 1.80. The fourth-order valence-corrected chi connectivity index (χ4v) is 1.99. The number of carboxylic acids is 1. The van der Waals surface area contributed by atoms with Crippen LogP contribution < -0.4 is 5.32 Å². The van der Waals surface area contributed by atoms with Gasteiger partial charge in [-0.2, -0.15) is 0 Å². The van der Waals surface area contributed by atoms with Gasteiger partial charge in [0.1, 0.15) is 0 Å². The van der Waals surface area contributed by atoms with Gasteiger partial charge in [-0.05, 0) is 42.8 Å². The molecule has 0 aliphatic rings. The van der Waals surface area contributed by atoms with E-state index < -0.39 is 11.9 Å². The molecule has 1 amide bonds. The van der Waals surface area contributed by atoms with Crippen molar-refractivity contribution >= 4 is 29.2 Å². The minimum atomic E-state index is -1.08. The molecule has 0 aromatic heterocycles. The number of aryl methyl sites for hydroxylation is 1. The molecule has 4 nitrogen and oxygen atoms in total. The highest BCUT2D eigenvalue weighted by molar-refractivity contribution is 6.34. The van der Waals surface area contributed by atoms with Crippen LogP contribution in [0.15, 0.2) is 42.5 Å². The van der Waals surface area contributed by atoms with E-state index in [0.717, 1.165) is 5.56 Å². The van der Waals surface area contributed by atoms with E-state index in [0.29, 0.717) is 10.7 Å². The lowest BCUT2D eigenvalue weighted by molar-refractivity contribution is 0.0697. The zero-order valence-electron chi connectivity index (χ0n) is 10.7. The Balaban J connectivity index is 2.24. The van der Waals surface area contributed by atoms with Gasteiger partial charge in [0.25, 0.3) is 5.91 Å². The Kier molecular flexibility index (Phi) is 4.05. The molecule has 2 aromatic carbocycles. The highest BCUT2D eigenvalue weighted by Gasteiger charge is 2.11. The van der Waals surface area contributed by atoms with Crippen molar-refractivity contribution in [3.05, 3.63) is 64.2 Å². The van der Waals surface area contributed by atoms with Gasteiger partial charge in [0, 0.05) is 5.56 Å². The summed E-state index contributed by atoms with van der Waals surface area (Å²) in [6.07, 6.45) is 0. The Bertz CT molecular complexity index is 683. The molecule has 20 heavy (non-hydrogen) atoms. The molecule has 0 saturated carbocycles. The summed E-state index contributed by atoms with van der Waals surface area (Å²) in [4.78, 5) is 22.9. The minimum absolute atomic E-state index is 0.0626. The van der Waals surface area contributed by atoms with Crippen LogP contribution in [0.1, 0.15) is 26.3 Å². The molecule has 0 saturated heterocycles. The van der Waals surface area contributed by atoms with Crippen LogP contribution in [-0.4, -0.2) is 17.0 Å². The summed E-state index contributed by atoms with van der Waals surface area (Å²) in [6, 6.07) is 11.1. The average Bonchev–Trinajstić information content (AvgIpc) is 2.42. The van der Waals surface area contributed by atoms with Crippen LogP contribution in [0, 0.1) is 6.92 Å². The lowest BCUT2D eigenvalue weighted by atomic mass is 10.1. The van der Waals surface area contributed by atoms with Crippen molar-refractivity contribution in [2.45, 2.75) is 6.92 Å². The first-order chi connectivity index (χ1) is 9.47. The van der Waals surface area contributed by atoms with E-state index in [9.17, 15) is 9.59 Å². The van der Waals surface area contributed by atoms with E-state index in [2.05, 4.69) is 5.32 Å². The van der Waals surface area contributed by atoms with Gasteiger partial charge in [-0.3, -0.25) is 4.79 Å². The molecule has 2 aromatic rings. The molecule has 0 spiro atoms. The second-order valence-corrected chi connectivity index (χ2v) is 4.73. The highest BCUT2D eigenvalue weighted by Crippen LogP contribution is 2.23. The van der Waals surface area contributed by atoms with Crippen molar-refractivity contribution in [3.8, 4) is 0 Å². The molecule has 2 N–H and O–H groups in total. The van der Waals surface area contributed by atoms with Gasteiger partial charge in [-0.25, -0.2) is 4.79 Å². The second-order valence-electron chi connectivity index (χ2n) is 4.32. The number of carbonyl (C=O) groups excluding carboxylic acids is 1. The minimum Gasteiger partial charge on any atom is -0.478 e. The third-order valence-electron chi connectivity index (χ3n) is 2.74. The number of carbonyl (C=O) groups is 2. The van der Waals surface area contributed by atoms with Crippen LogP contribution in [0.4, 0.5) is 5.69 Å². The number of rotatable bonds is 3. The van der Waals surface area contributed by atoms with E-state index >= 15 is 0 Å². The van der Waals surface area contributed by atoms with Gasteiger partial charge < -0.3 is 10.4 Å². The van der Waals surface area contributed by atoms with Crippen molar-refractivity contribution in [2.75, 3.05) is 5.32 Å². The molecule has 0 atom stereocenters. The number of carboxylic acid groups (broad SMARTS) is 1. The monoisotopic (exact) mass is 289 g/mol. The van der Waals surface area contributed by atoms with Gasteiger partial charge in [0.15, 0.2) is 0 Å². The smallest absolute Gasteiger partial charge is 0.335 e. The van der Waals surface area contributed by atoms with Gasteiger partial charge in [0.2, 0.25) is 0 Å². The van der Waals surface area contributed by atoms with Gasteiger partial charge in [-0.1, -0.05) is 23.7 Å². The third kappa shape index (κ3) is 3.16. The maximum absolute atomic E-state index is 12.1. The molecule has 2 rings (SSSR count). The average molecular weight is 290 g/mol. The zero-order valence-corrected chi connectivity index (χ0v) is 11.4. The maximum Gasteiger partial charge on any atom is 0.335 e. The van der Waals surface area contributed by atoms with Crippen molar-refractivity contribution in [1.29, 1.82) is 0 Å². The first-order valence-electron chi connectivity index (χ1n) is 5.88. The Morgan fingerprint density at radius 2 is 1.80 bits per heavy atom. The molecule has 0 unspecified atom stereocenters. The molecular formula is C15H12ClNO3. The largest absolute Gasteiger partial charge is 0.478 e. The Morgan fingerprint density at radius 3 is 2.45 bits per heavy atom. The molecule has 0 bridgehead atoms. The van der Waals surface area contributed by atoms with E-state index in [1.54, 1.807) is 18.2 Å². The van der Waals surface area contributed by atoms with Crippen molar-refractivity contribution in [3.63, 3.8) is 0 Å². The van der Waals surface area contributed by atoms with E-state index in [1.807, 2.05) is 13.0 Å². The normalized spacial score (nSPS) is 10.1. The maximum atomic E-state index is 12.1. The van der Waals surface area contributed by atoms with Crippen LogP contribution in [0.2, 0.25) is 5.02 Å². The molecule has 102 valence electrons. The molecule has 0 fully saturated rings. The van der Waals surface area contributed by atoms with Gasteiger partial charge >= 0.3 is 5.97 Å². The first-order valence-corrected chi connectivity index (χ1v) is 6.26. The Hall–Kier alpha value is -2.33. The zero-order chi connectivity index (χ0) is 14.7. The van der Waals surface area contributed by atoms with Crippen LogP contribution in [0.3, 0.4) is 0 Å². The van der Waals surface area contributed by atoms with Gasteiger partial charge in [0.05, 0.1) is 16.3 Å². The van der Waals surface area contributed by atoms with Crippen LogP contribution in [0.5, 0.6) is 0 Å². The standard InChI is InChI=1S/C15H12ClNO3/c1-9-5-6-13(12(16)7-9)17-14(18)10-3-2-4-11(8-10)15(19)20/h2-8H,1H3,(H,17,18)(H,19,20). The van der Waals surface area contributed by atoms with Gasteiger partial charge in [-0.15, -0.1) is 0 Å². The topological polar surface area (TPSA) is 66.4 Å². The van der Waals surface area contributed by atoms with Crippen molar-refractivity contribution in [1.82, 2.24) is 0 Å². The predicted octanol–water partition coefficient (Wildman–Crippen LogP) is 3.60. The number of anilines is 1. The van der Waals surface area contributed by atoms with Crippen LogP contribution in [0.25, 0.3) is 0 Å². The number of amides is 1. The summed E-state index contributed by atoms with van der Waals surface area (Å²) in [5.74, 6) is -1.48. The van der Waals surface area contributed by atoms with E-state index in [4.69, 9.17) is 16.7 Å². The summed E-state index contributed by atoms with van der Waals surface area (Å²) >= 11 is 6.03. The molecular weight excluding hydrogens is 278 g/mol. The number of aromatic carboxylic acids is 1. The summed E-state index contributed by atoms with van der Waals surface area (Å²) < 4.78 is 0. The summed E-state index contributed by atoms with van der Waals surface area (Å²) in [6.45, 7) is 1.90.